The Balaban J connectivity index is 2.07. The minimum atomic E-state index is 0.172. The van der Waals surface area contributed by atoms with Gasteiger partial charge in [0.15, 0.2) is 0 Å². The number of hydrogen-bond donors (Lipinski definition) is 1. The van der Waals surface area contributed by atoms with E-state index >= 15 is 0 Å². The lowest BCUT2D eigenvalue weighted by atomic mass is 9.95. The average Bonchev–Trinajstić information content (AvgIpc) is 2.18. The molecule has 0 bridgehead atoms. The molecule has 14 heavy (non-hydrogen) atoms. The van der Waals surface area contributed by atoms with Crippen molar-refractivity contribution in [2.24, 2.45) is 0 Å². The van der Waals surface area contributed by atoms with Gasteiger partial charge in [-0.1, -0.05) is 0 Å². The maximum atomic E-state index is 8.37. The molecular weight excluding hydrogens is 176 g/mol. The normalized spacial score (nSPS) is 27.1. The molecule has 1 N–H and O–H groups in total. The second kappa shape index (κ2) is 6.00. The van der Waals surface area contributed by atoms with Crippen molar-refractivity contribution in [3.05, 3.63) is 0 Å². The van der Waals surface area contributed by atoms with E-state index in [1.807, 2.05) is 0 Å². The minimum absolute atomic E-state index is 0.172. The van der Waals surface area contributed by atoms with Crippen molar-refractivity contribution in [1.82, 2.24) is 5.32 Å². The van der Waals surface area contributed by atoms with E-state index < -0.39 is 0 Å². The molecule has 1 aliphatic heterocycles. The molecule has 1 fully saturated rings. The lowest BCUT2D eigenvalue weighted by molar-refractivity contribution is 0.0286. The highest BCUT2D eigenvalue weighted by molar-refractivity contribution is 4.85. The third-order valence-corrected chi connectivity index (χ3v) is 2.70. The van der Waals surface area contributed by atoms with Crippen LogP contribution in [0.1, 0.15) is 39.0 Å². The number of hydrogen-bond acceptors (Lipinski definition) is 3. The van der Waals surface area contributed by atoms with Gasteiger partial charge in [-0.25, -0.2) is 0 Å². The summed E-state index contributed by atoms with van der Waals surface area (Å²) in [5, 5.41) is 11.9. The molecule has 0 aromatic heterocycles. The highest BCUT2D eigenvalue weighted by Gasteiger charge is 2.26. The first-order valence-electron chi connectivity index (χ1n) is 5.47. The quantitative estimate of drug-likeness (QED) is 0.682. The molecule has 3 heteroatoms. The van der Waals surface area contributed by atoms with Crippen LogP contribution in [0.25, 0.3) is 0 Å². The van der Waals surface area contributed by atoms with Crippen LogP contribution in [-0.2, 0) is 4.74 Å². The summed E-state index contributed by atoms with van der Waals surface area (Å²) < 4.78 is 5.45. The summed E-state index contributed by atoms with van der Waals surface area (Å²) in [6, 6.07) is 2.16. The summed E-state index contributed by atoms with van der Waals surface area (Å²) in [7, 11) is 0. The molecular formula is C11H20N2O. The summed E-state index contributed by atoms with van der Waals surface area (Å²) in [6.45, 7) is 4.95. The number of nitrogens with one attached hydrogen (secondary N) is 1. The van der Waals surface area contributed by atoms with E-state index in [1.54, 1.807) is 0 Å². The van der Waals surface area contributed by atoms with Gasteiger partial charge in [0.1, 0.15) is 0 Å². The van der Waals surface area contributed by atoms with Crippen LogP contribution in [0, 0.1) is 11.3 Å². The van der Waals surface area contributed by atoms with E-state index in [1.165, 1.54) is 6.42 Å². The Bertz CT molecular complexity index is 192. The lowest BCUT2D eigenvalue weighted by Crippen LogP contribution is -2.49. The molecule has 1 saturated heterocycles. The summed E-state index contributed by atoms with van der Waals surface area (Å²) in [4.78, 5) is 0. The van der Waals surface area contributed by atoms with Crippen molar-refractivity contribution >= 4 is 0 Å². The number of ether oxygens (including phenoxy) is 1. The first kappa shape index (κ1) is 11.5. The highest BCUT2D eigenvalue weighted by Crippen LogP contribution is 2.18. The zero-order valence-electron chi connectivity index (χ0n) is 9.01. The van der Waals surface area contributed by atoms with Crippen LogP contribution in [0.4, 0.5) is 0 Å². The van der Waals surface area contributed by atoms with Gasteiger partial charge in [0.2, 0.25) is 0 Å². The van der Waals surface area contributed by atoms with Crippen LogP contribution < -0.4 is 5.32 Å². The van der Waals surface area contributed by atoms with E-state index in [4.69, 9.17) is 10.00 Å². The van der Waals surface area contributed by atoms with Crippen molar-refractivity contribution < 1.29 is 4.74 Å². The summed E-state index contributed by atoms with van der Waals surface area (Å²) in [6.07, 6.45) is 5.12. The van der Waals surface area contributed by atoms with E-state index in [-0.39, 0.29) is 5.54 Å². The summed E-state index contributed by atoms with van der Waals surface area (Å²) in [5.74, 6) is 0. The number of nitrogens with zero attached hydrogens (tertiary/aromatic N) is 1. The average molecular weight is 196 g/mol. The fraction of sp³-hybridized carbons (Fsp3) is 0.909. The predicted octanol–water partition coefficient (Wildman–Crippen LogP) is 1.84. The maximum absolute atomic E-state index is 8.37. The van der Waals surface area contributed by atoms with Crippen LogP contribution in [0.3, 0.4) is 0 Å². The molecule has 1 unspecified atom stereocenters. The fourth-order valence-corrected chi connectivity index (χ4v) is 1.79. The van der Waals surface area contributed by atoms with Crippen molar-refractivity contribution in [2.45, 2.75) is 44.6 Å². The Labute approximate surface area is 86.4 Å². The molecule has 80 valence electrons. The van der Waals surface area contributed by atoms with Crippen LogP contribution in [0.15, 0.2) is 0 Å². The lowest BCUT2D eigenvalue weighted by Gasteiger charge is -2.34. The summed E-state index contributed by atoms with van der Waals surface area (Å²) >= 11 is 0. The third kappa shape index (κ3) is 4.08. The fourth-order valence-electron chi connectivity index (χ4n) is 1.79. The SMILES string of the molecule is CC1(NCCCCC#N)CCCOC1. The molecule has 0 spiro atoms. The van der Waals surface area contributed by atoms with E-state index in [2.05, 4.69) is 18.3 Å². The second-order valence-corrected chi connectivity index (χ2v) is 4.26. The summed E-state index contributed by atoms with van der Waals surface area (Å²) in [5.41, 5.74) is 0.172. The van der Waals surface area contributed by atoms with E-state index in [9.17, 15) is 0 Å². The van der Waals surface area contributed by atoms with Crippen molar-refractivity contribution in [1.29, 1.82) is 5.26 Å². The van der Waals surface area contributed by atoms with Crippen LogP contribution in [0.5, 0.6) is 0 Å². The molecule has 0 aromatic carbocycles. The van der Waals surface area contributed by atoms with Gasteiger partial charge in [-0.15, -0.1) is 0 Å². The molecule has 1 atom stereocenters. The van der Waals surface area contributed by atoms with Gasteiger partial charge >= 0.3 is 0 Å². The standard InChI is InChI=1S/C11H20N2O/c1-11(6-5-9-14-10-11)13-8-4-2-3-7-12/h13H,2-6,8-10H2,1H3. The Hall–Kier alpha value is -0.590. The topological polar surface area (TPSA) is 45.0 Å². The van der Waals surface area contributed by atoms with Gasteiger partial charge in [0.05, 0.1) is 12.7 Å². The molecule has 0 amide bonds. The molecule has 1 rings (SSSR count). The number of unbranched alkanes of at least 4 members (excludes halogenated alkanes) is 2. The zero-order valence-corrected chi connectivity index (χ0v) is 9.01. The van der Waals surface area contributed by atoms with Crippen LogP contribution >= 0.6 is 0 Å². The van der Waals surface area contributed by atoms with E-state index in [0.717, 1.165) is 39.0 Å². The van der Waals surface area contributed by atoms with Crippen molar-refractivity contribution in [2.75, 3.05) is 19.8 Å². The largest absolute Gasteiger partial charge is 0.380 e. The van der Waals surface area contributed by atoms with Gasteiger partial charge < -0.3 is 10.1 Å². The number of nitriles is 1. The Morgan fingerprint density at radius 3 is 3.00 bits per heavy atom. The molecule has 1 heterocycles. The van der Waals surface area contributed by atoms with Crippen LogP contribution in [0.2, 0.25) is 0 Å². The highest BCUT2D eigenvalue weighted by atomic mass is 16.5. The molecule has 1 aliphatic rings. The predicted molar refractivity (Wildman–Crippen MR) is 55.9 cm³/mol. The first-order chi connectivity index (χ1) is 6.77. The molecule has 3 nitrogen and oxygen atoms in total. The number of rotatable bonds is 5. The van der Waals surface area contributed by atoms with Gasteiger partial charge in [-0.05, 0) is 39.2 Å². The minimum Gasteiger partial charge on any atom is -0.380 e. The van der Waals surface area contributed by atoms with Gasteiger partial charge in [0, 0.05) is 18.6 Å². The molecule has 0 aromatic rings. The van der Waals surface area contributed by atoms with Gasteiger partial charge in [-0.3, -0.25) is 0 Å². The van der Waals surface area contributed by atoms with Crippen molar-refractivity contribution in [3.63, 3.8) is 0 Å². The maximum Gasteiger partial charge on any atom is 0.0645 e. The van der Waals surface area contributed by atoms with Gasteiger partial charge in [0.25, 0.3) is 0 Å². The zero-order chi connectivity index (χ0) is 10.3. The first-order valence-corrected chi connectivity index (χ1v) is 5.47. The second-order valence-electron chi connectivity index (χ2n) is 4.26. The monoisotopic (exact) mass is 196 g/mol. The molecule has 0 saturated carbocycles. The van der Waals surface area contributed by atoms with E-state index in [0.29, 0.717) is 6.42 Å². The Kier molecular flexibility index (Phi) is 4.92. The Morgan fingerprint density at radius 1 is 1.50 bits per heavy atom. The molecule has 0 radical (unpaired) electrons. The molecule has 0 aliphatic carbocycles. The van der Waals surface area contributed by atoms with Gasteiger partial charge in [-0.2, -0.15) is 5.26 Å². The van der Waals surface area contributed by atoms with Crippen LogP contribution in [-0.4, -0.2) is 25.3 Å². The third-order valence-electron chi connectivity index (χ3n) is 2.70. The Morgan fingerprint density at radius 2 is 2.36 bits per heavy atom. The van der Waals surface area contributed by atoms with Crippen molar-refractivity contribution in [3.8, 4) is 6.07 Å². The smallest absolute Gasteiger partial charge is 0.0645 e.